The third-order valence-electron chi connectivity index (χ3n) is 1.07. The molecule has 1 N–H and O–H groups in total. The summed E-state index contributed by atoms with van der Waals surface area (Å²) in [5, 5.41) is 11.1. The Bertz CT molecular complexity index is 356. The van der Waals surface area contributed by atoms with Crippen LogP contribution in [0.25, 0.3) is 6.20 Å². The fraction of sp³-hybridized carbons (Fsp3) is 0.200. The summed E-state index contributed by atoms with van der Waals surface area (Å²) in [6, 6.07) is 0. The van der Waals surface area contributed by atoms with Crippen LogP contribution < -0.4 is 5.32 Å². The van der Waals surface area contributed by atoms with E-state index in [0.29, 0.717) is 0 Å². The van der Waals surface area contributed by atoms with Crippen molar-refractivity contribution >= 4 is 18.1 Å². The van der Waals surface area contributed by atoms with Gasteiger partial charge in [0.1, 0.15) is 0 Å². The molecule has 1 aromatic heterocycles. The van der Waals surface area contributed by atoms with Crippen molar-refractivity contribution in [1.29, 1.82) is 0 Å². The topological polar surface area (TPSA) is 72.7 Å². The third-order valence-corrected chi connectivity index (χ3v) is 1.07. The summed E-state index contributed by atoms with van der Waals surface area (Å²) in [7, 11) is 0. The van der Waals surface area contributed by atoms with Gasteiger partial charge in [-0.3, -0.25) is 10.1 Å². The molecule has 6 nitrogen and oxygen atoms in total. The molecular weight excluding hydrogens is 203 g/mol. The van der Waals surface area contributed by atoms with Gasteiger partial charge in [-0.15, -0.1) is 9.90 Å². The average Bonchev–Trinajstić information content (AvgIpc) is 2.50. The number of carbonyl (C=O) groups excluding carboxylic acids is 1. The van der Waals surface area contributed by atoms with Crippen LogP contribution in [0.15, 0.2) is 6.58 Å². The van der Waals surface area contributed by atoms with E-state index in [1.165, 1.54) is 5.32 Å². The Balaban J connectivity index is 2.70. The number of carbonyl (C=O) groups is 1. The number of aromatic nitrogens is 4. The van der Waals surface area contributed by atoms with Crippen LogP contribution in [-0.2, 0) is 4.79 Å². The Morgan fingerprint density at radius 1 is 1.57 bits per heavy atom. The second kappa shape index (κ2) is 3.44. The highest BCUT2D eigenvalue weighted by molar-refractivity contribution is 5.93. The SMILES string of the molecule is C=Cn1nnc(NC(=O)C(F)(F)F)n1. The van der Waals surface area contributed by atoms with Crippen LogP contribution in [0, 0.1) is 0 Å². The first kappa shape index (κ1) is 10.2. The van der Waals surface area contributed by atoms with Crippen molar-refractivity contribution in [2.75, 3.05) is 5.32 Å². The van der Waals surface area contributed by atoms with Gasteiger partial charge in [-0.2, -0.15) is 13.2 Å². The smallest absolute Gasteiger partial charge is 0.284 e. The molecule has 0 saturated carbocycles. The average molecular weight is 207 g/mol. The van der Waals surface area contributed by atoms with Gasteiger partial charge < -0.3 is 0 Å². The Labute approximate surface area is 75.4 Å². The van der Waals surface area contributed by atoms with Crippen molar-refractivity contribution in [3.05, 3.63) is 6.58 Å². The highest BCUT2D eigenvalue weighted by atomic mass is 19.4. The van der Waals surface area contributed by atoms with Crippen LogP contribution in [0.2, 0.25) is 0 Å². The van der Waals surface area contributed by atoms with Crippen LogP contribution >= 0.6 is 0 Å². The third kappa shape index (κ3) is 2.28. The van der Waals surface area contributed by atoms with Crippen LogP contribution in [-0.4, -0.2) is 32.3 Å². The standard InChI is InChI=1S/C5H4F3N5O/c1-2-13-11-4(10-12-13)9-3(14)5(6,7)8/h2H,1H2,(H,9,11,14). The fourth-order valence-electron chi connectivity index (χ4n) is 0.525. The Kier molecular flexibility index (Phi) is 2.49. The zero-order valence-corrected chi connectivity index (χ0v) is 6.62. The molecule has 0 bridgehead atoms. The van der Waals surface area contributed by atoms with Crippen molar-refractivity contribution in [3.63, 3.8) is 0 Å². The summed E-state index contributed by atoms with van der Waals surface area (Å²) in [6.07, 6.45) is -3.87. The molecule has 76 valence electrons. The number of alkyl halides is 3. The first-order valence-corrected chi connectivity index (χ1v) is 3.23. The van der Waals surface area contributed by atoms with Crippen molar-refractivity contribution in [3.8, 4) is 0 Å². The van der Waals surface area contributed by atoms with Crippen molar-refractivity contribution < 1.29 is 18.0 Å². The number of nitrogens with zero attached hydrogens (tertiary/aromatic N) is 4. The molecule has 1 heterocycles. The van der Waals surface area contributed by atoms with Gasteiger partial charge in [-0.1, -0.05) is 11.7 Å². The zero-order chi connectivity index (χ0) is 10.8. The quantitative estimate of drug-likeness (QED) is 0.755. The molecular formula is C5H4F3N5O. The number of hydrogen-bond acceptors (Lipinski definition) is 4. The second-order valence-corrected chi connectivity index (χ2v) is 2.07. The van der Waals surface area contributed by atoms with Crippen LogP contribution in [0.5, 0.6) is 0 Å². The lowest BCUT2D eigenvalue weighted by molar-refractivity contribution is -0.167. The Morgan fingerprint density at radius 2 is 2.21 bits per heavy atom. The predicted octanol–water partition coefficient (Wildman–Crippen LogP) is 0.274. The van der Waals surface area contributed by atoms with E-state index in [0.717, 1.165) is 11.0 Å². The normalized spacial score (nSPS) is 11.1. The Hall–Kier alpha value is -1.93. The molecule has 0 spiro atoms. The van der Waals surface area contributed by atoms with Crippen LogP contribution in [0.1, 0.15) is 0 Å². The van der Waals surface area contributed by atoms with Crippen LogP contribution in [0.3, 0.4) is 0 Å². The molecule has 1 rings (SSSR count). The number of hydrogen-bond donors (Lipinski definition) is 1. The minimum Gasteiger partial charge on any atom is -0.284 e. The summed E-state index contributed by atoms with van der Waals surface area (Å²) in [6.45, 7) is 3.24. The number of nitrogens with one attached hydrogen (secondary N) is 1. The maximum Gasteiger partial charge on any atom is 0.471 e. The molecule has 0 aliphatic rings. The summed E-state index contributed by atoms with van der Waals surface area (Å²) in [5.74, 6) is -2.69. The maximum absolute atomic E-state index is 11.7. The summed E-state index contributed by atoms with van der Waals surface area (Å²) in [4.78, 5) is 11.2. The molecule has 0 aliphatic carbocycles. The van der Waals surface area contributed by atoms with E-state index in [1.807, 2.05) is 0 Å². The van der Waals surface area contributed by atoms with E-state index < -0.39 is 18.0 Å². The number of tetrazole rings is 1. The van der Waals surface area contributed by atoms with Gasteiger partial charge in [-0.05, 0) is 5.21 Å². The maximum atomic E-state index is 11.7. The van der Waals surface area contributed by atoms with Gasteiger partial charge in [-0.25, -0.2) is 0 Å². The van der Waals surface area contributed by atoms with E-state index in [1.54, 1.807) is 0 Å². The molecule has 0 aliphatic heterocycles. The second-order valence-electron chi connectivity index (χ2n) is 2.07. The highest BCUT2D eigenvalue weighted by Crippen LogP contribution is 2.15. The number of amides is 1. The molecule has 0 atom stereocenters. The minimum absolute atomic E-state index is 0.535. The Morgan fingerprint density at radius 3 is 2.64 bits per heavy atom. The number of rotatable bonds is 2. The molecule has 0 aromatic carbocycles. The van der Waals surface area contributed by atoms with E-state index in [2.05, 4.69) is 22.0 Å². The molecule has 14 heavy (non-hydrogen) atoms. The van der Waals surface area contributed by atoms with Gasteiger partial charge in [0.2, 0.25) is 0 Å². The van der Waals surface area contributed by atoms with Gasteiger partial charge in [0.25, 0.3) is 5.95 Å². The lowest BCUT2D eigenvalue weighted by Crippen LogP contribution is -2.30. The van der Waals surface area contributed by atoms with E-state index in [4.69, 9.17) is 0 Å². The zero-order valence-electron chi connectivity index (χ0n) is 6.62. The molecule has 9 heteroatoms. The number of halogens is 3. The van der Waals surface area contributed by atoms with Crippen LogP contribution in [0.4, 0.5) is 19.1 Å². The monoisotopic (exact) mass is 207 g/mol. The van der Waals surface area contributed by atoms with E-state index in [9.17, 15) is 18.0 Å². The molecule has 0 unspecified atom stereocenters. The van der Waals surface area contributed by atoms with Crippen molar-refractivity contribution in [2.45, 2.75) is 6.18 Å². The lowest BCUT2D eigenvalue weighted by atomic mass is 10.6. The summed E-state index contributed by atoms with van der Waals surface area (Å²) >= 11 is 0. The fourth-order valence-corrected chi connectivity index (χ4v) is 0.525. The highest BCUT2D eigenvalue weighted by Gasteiger charge is 2.39. The predicted molar refractivity (Wildman–Crippen MR) is 38.9 cm³/mol. The molecule has 1 aromatic rings. The first-order valence-electron chi connectivity index (χ1n) is 3.23. The molecule has 1 amide bonds. The summed E-state index contributed by atoms with van der Waals surface area (Å²) < 4.78 is 35.1. The lowest BCUT2D eigenvalue weighted by Gasteiger charge is -2.02. The van der Waals surface area contributed by atoms with Gasteiger partial charge in [0.05, 0.1) is 0 Å². The van der Waals surface area contributed by atoms with Gasteiger partial charge in [0.15, 0.2) is 0 Å². The van der Waals surface area contributed by atoms with Crippen molar-refractivity contribution in [1.82, 2.24) is 20.2 Å². The summed E-state index contributed by atoms with van der Waals surface area (Å²) in [5.41, 5.74) is 0. The molecule has 0 saturated heterocycles. The first-order chi connectivity index (χ1) is 6.43. The number of anilines is 1. The largest absolute Gasteiger partial charge is 0.471 e. The molecule has 0 radical (unpaired) electrons. The van der Waals surface area contributed by atoms with E-state index in [-0.39, 0.29) is 0 Å². The van der Waals surface area contributed by atoms with Gasteiger partial charge in [0, 0.05) is 6.20 Å². The van der Waals surface area contributed by atoms with E-state index >= 15 is 0 Å². The van der Waals surface area contributed by atoms with Crippen molar-refractivity contribution in [2.24, 2.45) is 0 Å². The molecule has 0 fully saturated rings. The minimum atomic E-state index is -4.97. The van der Waals surface area contributed by atoms with Gasteiger partial charge >= 0.3 is 12.1 Å².